The Morgan fingerprint density at radius 1 is 1.36 bits per heavy atom. The van der Waals surface area contributed by atoms with Gasteiger partial charge < -0.3 is 15.1 Å². The molecular formula is C15H29IN4OS. The lowest BCUT2D eigenvalue weighted by molar-refractivity contribution is 0.383. The van der Waals surface area contributed by atoms with Gasteiger partial charge in [0.05, 0.1) is 6.20 Å². The Labute approximate surface area is 155 Å². The number of rotatable bonds is 7. The lowest BCUT2D eigenvalue weighted by atomic mass is 9.94. The van der Waals surface area contributed by atoms with Crippen molar-refractivity contribution in [3.63, 3.8) is 0 Å². The topological polar surface area (TPSA) is 62.5 Å². The van der Waals surface area contributed by atoms with Crippen LogP contribution in [-0.4, -0.2) is 36.0 Å². The van der Waals surface area contributed by atoms with Crippen molar-refractivity contribution in [2.45, 2.75) is 46.1 Å². The van der Waals surface area contributed by atoms with Crippen LogP contribution in [0.15, 0.2) is 15.6 Å². The number of guanidine groups is 1. The molecule has 0 radical (unpaired) electrons. The molecule has 0 bridgehead atoms. The number of hydrogen-bond donors (Lipinski definition) is 2. The standard InChI is InChI=1S/C15H28N4OS.HI/c1-6-16-14(17-8-7-9-21-5)19-11-13-18-10-12(20-13)15(2,3)4;/h10H,6-9,11H2,1-5H3,(H2,16,17,19);1H. The van der Waals surface area contributed by atoms with Crippen molar-refractivity contribution in [1.29, 1.82) is 0 Å². The Balaban J connectivity index is 0.00000441. The molecule has 0 aliphatic rings. The van der Waals surface area contributed by atoms with Crippen LogP contribution in [-0.2, 0) is 12.0 Å². The number of aliphatic imine (C=N–C) groups is 1. The average Bonchev–Trinajstić information content (AvgIpc) is 2.89. The largest absolute Gasteiger partial charge is 0.443 e. The van der Waals surface area contributed by atoms with Crippen LogP contribution < -0.4 is 10.6 Å². The minimum Gasteiger partial charge on any atom is -0.443 e. The van der Waals surface area contributed by atoms with Gasteiger partial charge in [0.15, 0.2) is 5.96 Å². The minimum absolute atomic E-state index is 0. The normalized spacial score (nSPS) is 12.0. The number of oxazole rings is 1. The second-order valence-corrected chi connectivity index (χ2v) is 6.82. The molecule has 0 amide bonds. The van der Waals surface area contributed by atoms with Crippen LogP contribution >= 0.6 is 35.7 Å². The minimum atomic E-state index is -0.0183. The number of nitrogens with zero attached hydrogens (tertiary/aromatic N) is 2. The van der Waals surface area contributed by atoms with Gasteiger partial charge in [0.25, 0.3) is 0 Å². The molecule has 0 saturated carbocycles. The zero-order chi connectivity index (χ0) is 15.7. The third-order valence-corrected chi connectivity index (χ3v) is 3.52. The van der Waals surface area contributed by atoms with Crippen LogP contribution in [0.5, 0.6) is 0 Å². The zero-order valence-corrected chi connectivity index (χ0v) is 17.4. The molecule has 0 atom stereocenters. The summed E-state index contributed by atoms with van der Waals surface area (Å²) in [6, 6.07) is 0. The van der Waals surface area contributed by atoms with Crippen molar-refractivity contribution < 1.29 is 4.42 Å². The lowest BCUT2D eigenvalue weighted by Crippen LogP contribution is -2.37. The molecule has 2 N–H and O–H groups in total. The number of hydrogen-bond acceptors (Lipinski definition) is 4. The maximum atomic E-state index is 5.74. The van der Waals surface area contributed by atoms with E-state index in [1.165, 1.54) is 0 Å². The Kier molecular flexibility index (Phi) is 10.9. The van der Waals surface area contributed by atoms with E-state index in [1.54, 1.807) is 6.20 Å². The molecule has 0 spiro atoms. The highest BCUT2D eigenvalue weighted by Gasteiger charge is 2.18. The number of thioether (sulfide) groups is 1. The molecule has 1 rings (SSSR count). The fourth-order valence-electron chi connectivity index (χ4n) is 1.64. The molecule has 22 heavy (non-hydrogen) atoms. The molecule has 0 aliphatic heterocycles. The summed E-state index contributed by atoms with van der Waals surface area (Å²) in [5, 5.41) is 6.55. The van der Waals surface area contributed by atoms with Crippen LogP contribution in [0.1, 0.15) is 45.8 Å². The average molecular weight is 440 g/mol. The number of aromatic nitrogens is 1. The van der Waals surface area contributed by atoms with Gasteiger partial charge in [-0.1, -0.05) is 20.8 Å². The predicted octanol–water partition coefficient (Wildman–Crippen LogP) is 3.40. The first-order chi connectivity index (χ1) is 9.97. The van der Waals surface area contributed by atoms with Crippen LogP contribution in [0.25, 0.3) is 0 Å². The van der Waals surface area contributed by atoms with Crippen molar-refractivity contribution >= 4 is 41.7 Å². The Bertz CT molecular complexity index is 443. The van der Waals surface area contributed by atoms with Crippen molar-refractivity contribution in [1.82, 2.24) is 15.6 Å². The van der Waals surface area contributed by atoms with E-state index in [1.807, 2.05) is 11.8 Å². The van der Waals surface area contributed by atoms with E-state index in [9.17, 15) is 0 Å². The zero-order valence-electron chi connectivity index (χ0n) is 14.2. The molecule has 0 saturated heterocycles. The number of halogens is 1. The highest BCUT2D eigenvalue weighted by molar-refractivity contribution is 14.0. The molecule has 0 aliphatic carbocycles. The predicted molar refractivity (Wildman–Crippen MR) is 106 cm³/mol. The van der Waals surface area contributed by atoms with Gasteiger partial charge in [-0.3, -0.25) is 0 Å². The van der Waals surface area contributed by atoms with Crippen molar-refractivity contribution in [2.75, 3.05) is 25.1 Å². The van der Waals surface area contributed by atoms with Crippen LogP contribution in [0.2, 0.25) is 0 Å². The highest BCUT2D eigenvalue weighted by atomic mass is 127. The number of nitrogens with one attached hydrogen (secondary N) is 2. The van der Waals surface area contributed by atoms with Gasteiger partial charge >= 0.3 is 0 Å². The van der Waals surface area contributed by atoms with E-state index in [2.05, 4.69) is 54.6 Å². The molecule has 1 aromatic rings. The quantitative estimate of drug-likeness (QED) is 0.295. The summed E-state index contributed by atoms with van der Waals surface area (Å²) in [6.45, 7) is 10.6. The van der Waals surface area contributed by atoms with Gasteiger partial charge in [-0.2, -0.15) is 11.8 Å². The Morgan fingerprint density at radius 2 is 2.09 bits per heavy atom. The molecule has 0 aromatic carbocycles. The first-order valence-corrected chi connectivity index (χ1v) is 8.83. The maximum Gasteiger partial charge on any atom is 0.216 e. The van der Waals surface area contributed by atoms with Crippen molar-refractivity contribution in [3.8, 4) is 0 Å². The lowest BCUT2D eigenvalue weighted by Gasteiger charge is -2.13. The second kappa shape index (κ2) is 11.2. The van der Waals surface area contributed by atoms with E-state index in [0.29, 0.717) is 12.4 Å². The summed E-state index contributed by atoms with van der Waals surface area (Å²) >= 11 is 1.86. The van der Waals surface area contributed by atoms with Crippen LogP contribution in [0.3, 0.4) is 0 Å². The SMILES string of the molecule is CCNC(=NCc1ncc(C(C)(C)C)o1)NCCCSC.I. The summed E-state index contributed by atoms with van der Waals surface area (Å²) in [5.41, 5.74) is -0.0183. The summed E-state index contributed by atoms with van der Waals surface area (Å²) in [6.07, 6.45) is 5.04. The molecule has 7 heteroatoms. The van der Waals surface area contributed by atoms with Gasteiger partial charge in [-0.25, -0.2) is 9.98 Å². The monoisotopic (exact) mass is 440 g/mol. The fourth-order valence-corrected chi connectivity index (χ4v) is 2.07. The Hall–Kier alpha value is -0.440. The molecule has 1 aromatic heterocycles. The smallest absolute Gasteiger partial charge is 0.216 e. The van der Waals surface area contributed by atoms with Crippen LogP contribution in [0, 0.1) is 0 Å². The summed E-state index contributed by atoms with van der Waals surface area (Å²) < 4.78 is 5.74. The van der Waals surface area contributed by atoms with Gasteiger partial charge in [0.1, 0.15) is 12.3 Å². The van der Waals surface area contributed by atoms with Gasteiger partial charge in [-0.05, 0) is 25.4 Å². The molecule has 5 nitrogen and oxygen atoms in total. The van der Waals surface area contributed by atoms with E-state index >= 15 is 0 Å². The first kappa shape index (κ1) is 21.6. The van der Waals surface area contributed by atoms with E-state index in [0.717, 1.165) is 37.0 Å². The van der Waals surface area contributed by atoms with Gasteiger partial charge in [-0.15, -0.1) is 24.0 Å². The summed E-state index contributed by atoms with van der Waals surface area (Å²) in [7, 11) is 0. The summed E-state index contributed by atoms with van der Waals surface area (Å²) in [4.78, 5) is 8.80. The van der Waals surface area contributed by atoms with Gasteiger partial charge in [0, 0.05) is 18.5 Å². The molecular weight excluding hydrogens is 411 g/mol. The van der Waals surface area contributed by atoms with Crippen molar-refractivity contribution in [2.24, 2.45) is 4.99 Å². The second-order valence-electron chi connectivity index (χ2n) is 5.84. The fraction of sp³-hybridized carbons (Fsp3) is 0.733. The first-order valence-electron chi connectivity index (χ1n) is 7.43. The third-order valence-electron chi connectivity index (χ3n) is 2.83. The van der Waals surface area contributed by atoms with E-state index in [4.69, 9.17) is 4.42 Å². The third kappa shape index (κ3) is 8.26. The molecule has 128 valence electrons. The molecule has 0 fully saturated rings. The van der Waals surface area contributed by atoms with Crippen molar-refractivity contribution in [3.05, 3.63) is 17.8 Å². The van der Waals surface area contributed by atoms with E-state index < -0.39 is 0 Å². The maximum absolute atomic E-state index is 5.74. The van der Waals surface area contributed by atoms with E-state index in [-0.39, 0.29) is 29.4 Å². The Morgan fingerprint density at radius 3 is 2.64 bits per heavy atom. The summed E-state index contributed by atoms with van der Waals surface area (Å²) in [5.74, 6) is 3.52. The van der Waals surface area contributed by atoms with Gasteiger partial charge in [0.2, 0.25) is 5.89 Å². The van der Waals surface area contributed by atoms with Crippen LogP contribution in [0.4, 0.5) is 0 Å². The highest BCUT2D eigenvalue weighted by Crippen LogP contribution is 2.22. The molecule has 1 heterocycles. The molecule has 0 unspecified atom stereocenters.